The molecular weight excluding hydrogens is 116 g/mol. The first-order valence-electron chi connectivity index (χ1n) is 3.32. The summed E-state index contributed by atoms with van der Waals surface area (Å²) in [5.41, 5.74) is 0.193. The van der Waals surface area contributed by atoms with Gasteiger partial charge in [-0.15, -0.1) is 0 Å². The van der Waals surface area contributed by atoms with Gasteiger partial charge in [0.15, 0.2) is 0 Å². The summed E-state index contributed by atoms with van der Waals surface area (Å²) >= 11 is 0. The first-order chi connectivity index (χ1) is 4.41. The maximum Gasteiger partial charge on any atom is 0.0715 e. The average molecular weight is 127 g/mol. The van der Waals surface area contributed by atoms with Crippen LogP contribution in [0.15, 0.2) is 0 Å². The number of hydrogen-bond acceptors (Lipinski definition) is 3. The van der Waals surface area contributed by atoms with Gasteiger partial charge >= 0.3 is 0 Å². The van der Waals surface area contributed by atoms with Gasteiger partial charge in [-0.2, -0.15) is 0 Å². The fourth-order valence-electron chi connectivity index (χ4n) is 1.23. The molecule has 3 heteroatoms. The van der Waals surface area contributed by atoms with Gasteiger partial charge in [-0.05, 0) is 0 Å². The van der Waals surface area contributed by atoms with Crippen molar-refractivity contribution in [2.45, 2.75) is 5.54 Å². The molecule has 2 N–H and O–H groups in total. The first-order valence-corrected chi connectivity index (χ1v) is 3.32. The molecule has 1 unspecified atom stereocenters. The Bertz CT molecular complexity index is 104. The summed E-state index contributed by atoms with van der Waals surface area (Å²) < 4.78 is 5.29. The second-order valence-corrected chi connectivity index (χ2v) is 2.66. The van der Waals surface area contributed by atoms with Crippen LogP contribution in [0.25, 0.3) is 0 Å². The minimum Gasteiger partial charge on any atom is -0.378 e. The molecule has 2 rings (SSSR count). The lowest BCUT2D eigenvalue weighted by atomic mass is 9.93. The summed E-state index contributed by atoms with van der Waals surface area (Å²) in [6, 6.07) is 0. The molecule has 0 amide bonds. The lowest BCUT2D eigenvalue weighted by Gasteiger charge is -2.45. The van der Waals surface area contributed by atoms with E-state index >= 15 is 0 Å². The molecule has 1 radical (unpaired) electrons. The predicted octanol–water partition coefficient (Wildman–Crippen LogP) is -0.890. The third-order valence-corrected chi connectivity index (χ3v) is 1.88. The lowest BCUT2D eigenvalue weighted by molar-refractivity contribution is 0.0201. The van der Waals surface area contributed by atoms with Gasteiger partial charge in [-0.25, -0.2) is 0 Å². The number of ether oxygens (including phenoxy) is 1. The number of hydrogen-bond donors (Lipinski definition) is 2. The highest BCUT2D eigenvalue weighted by molar-refractivity contribution is 5.10. The molecule has 2 heterocycles. The molecule has 0 bridgehead atoms. The van der Waals surface area contributed by atoms with Gasteiger partial charge in [0.25, 0.3) is 0 Å². The highest BCUT2D eigenvalue weighted by Crippen LogP contribution is 2.17. The SMILES string of the molecule is [CH]1NCC12COCCN2. The van der Waals surface area contributed by atoms with Crippen molar-refractivity contribution in [2.24, 2.45) is 0 Å². The summed E-state index contributed by atoms with van der Waals surface area (Å²) in [7, 11) is 0. The quantitative estimate of drug-likeness (QED) is 0.443. The zero-order valence-corrected chi connectivity index (χ0v) is 5.31. The summed E-state index contributed by atoms with van der Waals surface area (Å²) in [5, 5.41) is 6.49. The van der Waals surface area contributed by atoms with E-state index in [1.54, 1.807) is 0 Å². The van der Waals surface area contributed by atoms with E-state index in [0.29, 0.717) is 0 Å². The Morgan fingerprint density at radius 2 is 2.44 bits per heavy atom. The van der Waals surface area contributed by atoms with Crippen molar-refractivity contribution >= 4 is 0 Å². The van der Waals surface area contributed by atoms with E-state index in [4.69, 9.17) is 4.74 Å². The Balaban J connectivity index is 1.93. The first kappa shape index (κ1) is 5.65. The highest BCUT2D eigenvalue weighted by atomic mass is 16.5. The summed E-state index contributed by atoms with van der Waals surface area (Å²) in [6.07, 6.45) is 0. The van der Waals surface area contributed by atoms with E-state index in [0.717, 1.165) is 26.3 Å². The van der Waals surface area contributed by atoms with Crippen LogP contribution in [0.1, 0.15) is 0 Å². The Hall–Kier alpha value is -0.120. The smallest absolute Gasteiger partial charge is 0.0715 e. The van der Waals surface area contributed by atoms with Gasteiger partial charge in [0.05, 0.1) is 18.8 Å². The molecule has 1 spiro atoms. The predicted molar refractivity (Wildman–Crippen MR) is 33.9 cm³/mol. The van der Waals surface area contributed by atoms with Crippen LogP contribution in [-0.4, -0.2) is 31.8 Å². The van der Waals surface area contributed by atoms with Gasteiger partial charge in [0.2, 0.25) is 0 Å². The summed E-state index contributed by atoms with van der Waals surface area (Å²) in [4.78, 5) is 0. The van der Waals surface area contributed by atoms with Crippen LogP contribution < -0.4 is 10.6 Å². The number of morpholine rings is 1. The van der Waals surface area contributed by atoms with Crippen molar-refractivity contribution in [3.63, 3.8) is 0 Å². The van der Waals surface area contributed by atoms with Crippen molar-refractivity contribution in [3.8, 4) is 0 Å². The van der Waals surface area contributed by atoms with Crippen LogP contribution in [0.4, 0.5) is 0 Å². The Morgan fingerprint density at radius 3 is 2.78 bits per heavy atom. The number of rotatable bonds is 0. The molecule has 2 saturated heterocycles. The monoisotopic (exact) mass is 127 g/mol. The largest absolute Gasteiger partial charge is 0.378 e. The van der Waals surface area contributed by atoms with Crippen molar-refractivity contribution in [2.75, 3.05) is 26.3 Å². The second-order valence-electron chi connectivity index (χ2n) is 2.66. The van der Waals surface area contributed by atoms with E-state index in [1.807, 2.05) is 0 Å². The normalized spacial score (nSPS) is 32.0. The van der Waals surface area contributed by atoms with Gasteiger partial charge < -0.3 is 15.4 Å². The average Bonchev–Trinajstić information content (AvgIpc) is 1.87. The number of nitrogens with one attached hydrogen (secondary N) is 2. The maximum absolute atomic E-state index is 5.29. The van der Waals surface area contributed by atoms with Gasteiger partial charge in [0, 0.05) is 19.6 Å². The van der Waals surface area contributed by atoms with Crippen LogP contribution in [0.2, 0.25) is 0 Å². The topological polar surface area (TPSA) is 33.3 Å². The Labute approximate surface area is 54.8 Å². The Morgan fingerprint density at radius 1 is 1.56 bits per heavy atom. The van der Waals surface area contributed by atoms with Crippen molar-refractivity contribution in [3.05, 3.63) is 6.54 Å². The van der Waals surface area contributed by atoms with E-state index < -0.39 is 0 Å². The van der Waals surface area contributed by atoms with Crippen LogP contribution in [0, 0.1) is 6.54 Å². The minimum absolute atomic E-state index is 0.193. The van der Waals surface area contributed by atoms with Crippen LogP contribution in [0.5, 0.6) is 0 Å². The van der Waals surface area contributed by atoms with E-state index in [-0.39, 0.29) is 5.54 Å². The molecule has 51 valence electrons. The fourth-order valence-corrected chi connectivity index (χ4v) is 1.23. The lowest BCUT2D eigenvalue weighted by Crippen LogP contribution is -2.69. The standard InChI is InChI=1S/C6H11N2O/c1-2-9-5-6(8-1)3-7-4-6/h3,7-8H,1-2,4-5H2. The van der Waals surface area contributed by atoms with Crippen molar-refractivity contribution < 1.29 is 4.74 Å². The van der Waals surface area contributed by atoms with Crippen LogP contribution >= 0.6 is 0 Å². The van der Waals surface area contributed by atoms with E-state index in [1.165, 1.54) is 0 Å². The molecule has 9 heavy (non-hydrogen) atoms. The van der Waals surface area contributed by atoms with Gasteiger partial charge in [-0.1, -0.05) is 0 Å². The fraction of sp³-hybridized carbons (Fsp3) is 0.833. The molecule has 0 aliphatic carbocycles. The third kappa shape index (κ3) is 0.852. The molecule has 0 aromatic heterocycles. The van der Waals surface area contributed by atoms with Gasteiger partial charge in [-0.3, -0.25) is 0 Å². The molecule has 0 aromatic carbocycles. The van der Waals surface area contributed by atoms with Crippen LogP contribution in [-0.2, 0) is 4.74 Å². The maximum atomic E-state index is 5.29. The molecule has 1 atom stereocenters. The molecule has 2 aliphatic rings. The molecule has 2 aliphatic heterocycles. The summed E-state index contributed by atoms with van der Waals surface area (Å²) in [5.74, 6) is 0. The van der Waals surface area contributed by atoms with Crippen molar-refractivity contribution in [1.29, 1.82) is 0 Å². The van der Waals surface area contributed by atoms with Crippen LogP contribution in [0.3, 0.4) is 0 Å². The zero-order chi connectivity index (χ0) is 6.16. The van der Waals surface area contributed by atoms with E-state index in [9.17, 15) is 0 Å². The third-order valence-electron chi connectivity index (χ3n) is 1.88. The molecule has 0 aromatic rings. The molecular formula is C6H11N2O. The molecule has 2 fully saturated rings. The highest BCUT2D eigenvalue weighted by Gasteiger charge is 2.38. The molecule has 0 saturated carbocycles. The van der Waals surface area contributed by atoms with Crippen molar-refractivity contribution in [1.82, 2.24) is 10.6 Å². The summed E-state index contributed by atoms with van der Waals surface area (Å²) in [6.45, 7) is 5.77. The Kier molecular flexibility index (Phi) is 1.22. The molecule has 3 nitrogen and oxygen atoms in total. The minimum atomic E-state index is 0.193. The zero-order valence-electron chi connectivity index (χ0n) is 5.31. The second kappa shape index (κ2) is 1.94. The van der Waals surface area contributed by atoms with Gasteiger partial charge in [0.1, 0.15) is 0 Å². The van der Waals surface area contributed by atoms with E-state index in [2.05, 4.69) is 17.2 Å².